The predicted octanol–water partition coefficient (Wildman–Crippen LogP) is 5.00. The number of rotatable bonds is 4. The molecule has 3 nitrogen and oxygen atoms in total. The fourth-order valence-electron chi connectivity index (χ4n) is 2.66. The Morgan fingerprint density at radius 2 is 1.61 bits per heavy atom. The number of anilines is 1. The zero-order valence-electron chi connectivity index (χ0n) is 13.1. The van der Waals surface area contributed by atoms with E-state index in [0.29, 0.717) is 13.2 Å². The van der Waals surface area contributed by atoms with Crippen LogP contribution < -0.4 is 4.90 Å². The number of amides is 1. The fourth-order valence-corrected chi connectivity index (χ4v) is 2.66. The third kappa shape index (κ3) is 3.34. The Morgan fingerprint density at radius 3 is 2.39 bits per heavy atom. The minimum absolute atomic E-state index is 0.326. The van der Waals surface area contributed by atoms with Gasteiger partial charge >= 0.3 is 6.09 Å². The van der Waals surface area contributed by atoms with E-state index in [0.717, 1.165) is 22.0 Å². The predicted molar refractivity (Wildman–Crippen MR) is 93.6 cm³/mol. The molecular weight excluding hydrogens is 286 g/mol. The van der Waals surface area contributed by atoms with Crippen molar-refractivity contribution in [1.82, 2.24) is 0 Å². The fraction of sp³-hybridized carbons (Fsp3) is 0.150. The van der Waals surface area contributed by atoms with Crippen LogP contribution in [0.3, 0.4) is 0 Å². The number of carbonyl (C=O) groups excluding carboxylic acids is 1. The monoisotopic (exact) mass is 305 g/mol. The first-order valence-electron chi connectivity index (χ1n) is 7.75. The largest absolute Gasteiger partial charge is 0.449 e. The number of carbonyl (C=O) groups is 1. The first-order chi connectivity index (χ1) is 11.3. The van der Waals surface area contributed by atoms with Gasteiger partial charge in [-0.25, -0.2) is 4.79 Å². The molecule has 0 aromatic heterocycles. The Kier molecular flexibility index (Phi) is 4.57. The summed E-state index contributed by atoms with van der Waals surface area (Å²) in [5.74, 6) is 0. The Balaban J connectivity index is 2.04. The molecule has 116 valence electrons. The van der Waals surface area contributed by atoms with Crippen molar-refractivity contribution >= 4 is 22.6 Å². The van der Waals surface area contributed by atoms with Gasteiger partial charge in [-0.1, -0.05) is 66.7 Å². The van der Waals surface area contributed by atoms with E-state index < -0.39 is 0 Å². The van der Waals surface area contributed by atoms with E-state index in [4.69, 9.17) is 4.74 Å². The second-order valence-electron chi connectivity index (χ2n) is 5.27. The van der Waals surface area contributed by atoms with Crippen LogP contribution >= 0.6 is 0 Å². The van der Waals surface area contributed by atoms with Crippen LogP contribution in [-0.2, 0) is 11.3 Å². The summed E-state index contributed by atoms with van der Waals surface area (Å²) in [6, 6.07) is 24.0. The summed E-state index contributed by atoms with van der Waals surface area (Å²) in [5, 5.41) is 2.14. The van der Waals surface area contributed by atoms with Crippen LogP contribution in [0.15, 0.2) is 72.8 Å². The molecule has 3 heteroatoms. The van der Waals surface area contributed by atoms with E-state index in [1.807, 2.05) is 79.7 Å². The van der Waals surface area contributed by atoms with E-state index in [-0.39, 0.29) is 6.09 Å². The van der Waals surface area contributed by atoms with Gasteiger partial charge < -0.3 is 4.74 Å². The van der Waals surface area contributed by atoms with Crippen LogP contribution in [0.4, 0.5) is 10.5 Å². The quantitative estimate of drug-likeness (QED) is 0.678. The van der Waals surface area contributed by atoms with Gasteiger partial charge in [0.2, 0.25) is 0 Å². The van der Waals surface area contributed by atoms with Crippen LogP contribution in [0.1, 0.15) is 12.5 Å². The third-order valence-corrected chi connectivity index (χ3v) is 3.73. The maximum absolute atomic E-state index is 12.5. The summed E-state index contributed by atoms with van der Waals surface area (Å²) in [6.45, 7) is 2.66. The smallest absolute Gasteiger partial charge is 0.414 e. The number of nitrogens with zero attached hydrogens (tertiary/aromatic N) is 1. The summed E-state index contributed by atoms with van der Waals surface area (Å²) < 4.78 is 5.27. The molecule has 1 amide bonds. The first kappa shape index (κ1) is 15.1. The molecule has 0 N–H and O–H groups in total. The molecule has 3 aromatic carbocycles. The van der Waals surface area contributed by atoms with Gasteiger partial charge in [0, 0.05) is 5.39 Å². The highest BCUT2D eigenvalue weighted by atomic mass is 16.6. The van der Waals surface area contributed by atoms with E-state index >= 15 is 0 Å². The Hall–Kier alpha value is -2.81. The van der Waals surface area contributed by atoms with E-state index in [9.17, 15) is 4.79 Å². The van der Waals surface area contributed by atoms with Gasteiger partial charge in [-0.05, 0) is 23.9 Å². The summed E-state index contributed by atoms with van der Waals surface area (Å²) in [5.41, 5.74) is 1.93. The van der Waals surface area contributed by atoms with Crippen LogP contribution in [0.2, 0.25) is 0 Å². The van der Waals surface area contributed by atoms with Crippen molar-refractivity contribution in [2.75, 3.05) is 11.5 Å². The van der Waals surface area contributed by atoms with Gasteiger partial charge in [-0.15, -0.1) is 0 Å². The third-order valence-electron chi connectivity index (χ3n) is 3.73. The van der Waals surface area contributed by atoms with E-state index in [2.05, 4.69) is 0 Å². The molecule has 0 bridgehead atoms. The standard InChI is InChI=1S/C20H19NO2/c1-2-23-20(22)21(15-16-9-4-3-5-10-16)19-14-8-12-17-11-6-7-13-18(17)19/h3-14H,2,15H2,1H3. The lowest BCUT2D eigenvalue weighted by Crippen LogP contribution is -2.31. The number of ether oxygens (including phenoxy) is 1. The van der Waals surface area contributed by atoms with Gasteiger partial charge in [0.25, 0.3) is 0 Å². The summed E-state index contributed by atoms with van der Waals surface area (Å²) >= 11 is 0. The zero-order valence-corrected chi connectivity index (χ0v) is 13.1. The summed E-state index contributed by atoms with van der Waals surface area (Å²) in [7, 11) is 0. The zero-order chi connectivity index (χ0) is 16.1. The second kappa shape index (κ2) is 6.97. The molecule has 0 unspecified atom stereocenters. The molecule has 0 aliphatic heterocycles. The molecule has 0 aliphatic carbocycles. The van der Waals surface area contributed by atoms with Gasteiger partial charge in [0.1, 0.15) is 0 Å². The number of benzene rings is 3. The van der Waals surface area contributed by atoms with Crippen molar-refractivity contribution in [1.29, 1.82) is 0 Å². The molecule has 0 saturated carbocycles. The van der Waals surface area contributed by atoms with Crippen molar-refractivity contribution in [3.05, 3.63) is 78.4 Å². The van der Waals surface area contributed by atoms with Crippen molar-refractivity contribution in [2.45, 2.75) is 13.5 Å². The average Bonchev–Trinajstić information content (AvgIpc) is 2.60. The lowest BCUT2D eigenvalue weighted by molar-refractivity contribution is 0.159. The molecule has 0 heterocycles. The second-order valence-corrected chi connectivity index (χ2v) is 5.27. The van der Waals surface area contributed by atoms with Gasteiger partial charge in [0.15, 0.2) is 0 Å². The van der Waals surface area contributed by atoms with Gasteiger partial charge in [-0.2, -0.15) is 0 Å². The molecule has 0 atom stereocenters. The van der Waals surface area contributed by atoms with Crippen molar-refractivity contribution in [3.8, 4) is 0 Å². The minimum Gasteiger partial charge on any atom is -0.449 e. The number of hydrogen-bond donors (Lipinski definition) is 0. The van der Waals surface area contributed by atoms with Gasteiger partial charge in [0.05, 0.1) is 18.8 Å². The Morgan fingerprint density at radius 1 is 0.913 bits per heavy atom. The molecule has 3 aromatic rings. The van der Waals surface area contributed by atoms with Crippen molar-refractivity contribution in [3.63, 3.8) is 0 Å². The highest BCUT2D eigenvalue weighted by Gasteiger charge is 2.19. The minimum atomic E-state index is -0.326. The highest BCUT2D eigenvalue weighted by molar-refractivity contribution is 6.01. The highest BCUT2D eigenvalue weighted by Crippen LogP contribution is 2.28. The molecule has 3 rings (SSSR count). The SMILES string of the molecule is CCOC(=O)N(Cc1ccccc1)c1cccc2ccccc12. The molecule has 0 radical (unpaired) electrons. The summed E-state index contributed by atoms with van der Waals surface area (Å²) in [4.78, 5) is 14.2. The summed E-state index contributed by atoms with van der Waals surface area (Å²) in [6.07, 6.45) is -0.326. The van der Waals surface area contributed by atoms with Crippen LogP contribution in [0, 0.1) is 0 Å². The first-order valence-corrected chi connectivity index (χ1v) is 7.75. The van der Waals surface area contributed by atoms with E-state index in [1.165, 1.54) is 0 Å². The van der Waals surface area contributed by atoms with Crippen LogP contribution in [0.5, 0.6) is 0 Å². The normalized spacial score (nSPS) is 10.5. The lowest BCUT2D eigenvalue weighted by Gasteiger charge is -2.23. The molecule has 0 spiro atoms. The lowest BCUT2D eigenvalue weighted by atomic mass is 10.1. The molecule has 0 fully saturated rings. The van der Waals surface area contributed by atoms with Crippen molar-refractivity contribution < 1.29 is 9.53 Å². The topological polar surface area (TPSA) is 29.5 Å². The van der Waals surface area contributed by atoms with Crippen molar-refractivity contribution in [2.24, 2.45) is 0 Å². The average molecular weight is 305 g/mol. The molecule has 0 saturated heterocycles. The molecular formula is C20H19NO2. The maximum Gasteiger partial charge on any atom is 0.414 e. The molecule has 23 heavy (non-hydrogen) atoms. The Labute approximate surface area is 136 Å². The van der Waals surface area contributed by atoms with Crippen LogP contribution in [0.25, 0.3) is 10.8 Å². The maximum atomic E-state index is 12.5. The number of hydrogen-bond acceptors (Lipinski definition) is 2. The van der Waals surface area contributed by atoms with Gasteiger partial charge in [-0.3, -0.25) is 4.90 Å². The number of fused-ring (bicyclic) bond motifs is 1. The van der Waals surface area contributed by atoms with Crippen LogP contribution in [-0.4, -0.2) is 12.7 Å². The van der Waals surface area contributed by atoms with E-state index in [1.54, 1.807) is 4.90 Å². The molecule has 0 aliphatic rings. The Bertz CT molecular complexity index is 794.